The van der Waals surface area contributed by atoms with Gasteiger partial charge in [0.25, 0.3) is 5.91 Å². The van der Waals surface area contributed by atoms with Gasteiger partial charge in [-0.2, -0.15) is 8.75 Å². The third-order valence-corrected chi connectivity index (χ3v) is 4.70. The Morgan fingerprint density at radius 1 is 0.931 bits per heavy atom. The number of nitrogens with one attached hydrogen (secondary N) is 1. The molecule has 0 saturated carbocycles. The van der Waals surface area contributed by atoms with Crippen LogP contribution < -0.4 is 10.1 Å². The Kier molecular flexibility index (Phi) is 5.26. The molecule has 6 nitrogen and oxygen atoms in total. The van der Waals surface area contributed by atoms with E-state index in [0.717, 1.165) is 17.2 Å². The molecule has 0 bridgehead atoms. The number of nitrogens with zero attached hydrogens (tertiary/aromatic N) is 2. The second-order valence-electron chi connectivity index (χ2n) is 6.13. The van der Waals surface area contributed by atoms with E-state index in [4.69, 9.17) is 4.74 Å². The molecule has 0 spiro atoms. The smallest absolute Gasteiger partial charge is 0.262 e. The van der Waals surface area contributed by atoms with Crippen molar-refractivity contribution in [1.82, 2.24) is 8.75 Å². The van der Waals surface area contributed by atoms with Crippen molar-refractivity contribution in [3.05, 3.63) is 83.7 Å². The Morgan fingerprint density at radius 2 is 1.62 bits per heavy atom. The zero-order valence-electron chi connectivity index (χ0n) is 15.0. The molecular formula is C21H14FN3O3S. The van der Waals surface area contributed by atoms with E-state index >= 15 is 0 Å². The Bertz CT molecular complexity index is 1170. The predicted octanol–water partition coefficient (Wildman–Crippen LogP) is 4.08. The first-order valence-corrected chi connectivity index (χ1v) is 9.37. The molecule has 1 N–H and O–H groups in total. The maximum Gasteiger partial charge on any atom is 0.262 e. The number of ketones is 1. The van der Waals surface area contributed by atoms with Crippen molar-refractivity contribution in [2.45, 2.75) is 0 Å². The monoisotopic (exact) mass is 407 g/mol. The Balaban J connectivity index is 1.36. The summed E-state index contributed by atoms with van der Waals surface area (Å²) in [5.41, 5.74) is 2.76. The number of carbonyl (C=O) groups excluding carboxylic acids is 2. The van der Waals surface area contributed by atoms with Crippen LogP contribution >= 0.6 is 11.7 Å². The number of anilines is 1. The fraction of sp³-hybridized carbons (Fsp3) is 0.0476. The summed E-state index contributed by atoms with van der Waals surface area (Å²) < 4.78 is 26.8. The highest BCUT2D eigenvalue weighted by molar-refractivity contribution is 7.00. The number of fused-ring (bicyclic) bond motifs is 1. The highest BCUT2D eigenvalue weighted by Gasteiger charge is 2.11. The standard InChI is InChI=1S/C21H14FN3O3S/c22-15-8-4-13(5-9-15)21(27)14-6-10-16(11-7-14)28-12-19(26)23-17-2-1-3-18-20(17)25-29-24-18/h1-11H,12H2,(H,23,26). The van der Waals surface area contributed by atoms with Crippen molar-refractivity contribution in [3.8, 4) is 5.75 Å². The number of hydrogen-bond donors (Lipinski definition) is 1. The number of rotatable bonds is 6. The number of aromatic nitrogens is 2. The van der Waals surface area contributed by atoms with Crippen LogP contribution in [-0.2, 0) is 4.79 Å². The molecule has 144 valence electrons. The fourth-order valence-electron chi connectivity index (χ4n) is 2.71. The van der Waals surface area contributed by atoms with Crippen molar-refractivity contribution in [3.63, 3.8) is 0 Å². The molecule has 1 amide bonds. The summed E-state index contributed by atoms with van der Waals surface area (Å²) in [6.07, 6.45) is 0. The van der Waals surface area contributed by atoms with Gasteiger partial charge in [-0.3, -0.25) is 9.59 Å². The topological polar surface area (TPSA) is 81.2 Å². The second kappa shape index (κ2) is 8.15. The lowest BCUT2D eigenvalue weighted by Crippen LogP contribution is -2.20. The van der Waals surface area contributed by atoms with Gasteiger partial charge < -0.3 is 10.1 Å². The lowest BCUT2D eigenvalue weighted by Gasteiger charge is -2.08. The fourth-order valence-corrected chi connectivity index (χ4v) is 3.26. The number of amides is 1. The van der Waals surface area contributed by atoms with Crippen LogP contribution in [0.5, 0.6) is 5.75 Å². The summed E-state index contributed by atoms with van der Waals surface area (Å²) in [5.74, 6) is -0.508. The Hall–Kier alpha value is -3.65. The van der Waals surface area contributed by atoms with E-state index in [0.29, 0.717) is 28.1 Å². The second-order valence-corrected chi connectivity index (χ2v) is 6.66. The third kappa shape index (κ3) is 4.27. The number of ether oxygens (including phenoxy) is 1. The highest BCUT2D eigenvalue weighted by atomic mass is 32.1. The number of carbonyl (C=O) groups is 2. The quantitative estimate of drug-likeness (QED) is 0.487. The SMILES string of the molecule is O=C(COc1ccc(C(=O)c2ccc(F)cc2)cc1)Nc1cccc2nsnc12. The van der Waals surface area contributed by atoms with Crippen molar-refractivity contribution in [2.24, 2.45) is 0 Å². The van der Waals surface area contributed by atoms with Crippen LogP contribution in [0.4, 0.5) is 10.1 Å². The number of benzene rings is 3. The van der Waals surface area contributed by atoms with E-state index in [9.17, 15) is 14.0 Å². The van der Waals surface area contributed by atoms with Crippen LogP contribution in [0.25, 0.3) is 11.0 Å². The summed E-state index contributed by atoms with van der Waals surface area (Å²) in [4.78, 5) is 24.6. The third-order valence-electron chi connectivity index (χ3n) is 4.15. The van der Waals surface area contributed by atoms with Gasteiger partial charge in [0.05, 0.1) is 17.4 Å². The van der Waals surface area contributed by atoms with E-state index in [2.05, 4.69) is 14.1 Å². The minimum absolute atomic E-state index is 0.195. The number of hydrogen-bond acceptors (Lipinski definition) is 6. The lowest BCUT2D eigenvalue weighted by atomic mass is 10.0. The molecule has 0 aliphatic rings. The molecule has 4 aromatic rings. The van der Waals surface area contributed by atoms with Gasteiger partial charge in [-0.1, -0.05) is 6.07 Å². The van der Waals surface area contributed by atoms with Gasteiger partial charge in [0.1, 0.15) is 22.6 Å². The summed E-state index contributed by atoms with van der Waals surface area (Å²) in [7, 11) is 0. The van der Waals surface area contributed by atoms with Crippen LogP contribution in [0.15, 0.2) is 66.7 Å². The van der Waals surface area contributed by atoms with E-state index in [1.165, 1.54) is 24.3 Å². The Labute approximate surface area is 169 Å². The molecule has 0 aliphatic carbocycles. The van der Waals surface area contributed by atoms with Gasteiger partial charge in [0, 0.05) is 11.1 Å². The summed E-state index contributed by atoms with van der Waals surface area (Å²) >= 11 is 1.08. The van der Waals surface area contributed by atoms with Gasteiger partial charge in [-0.05, 0) is 60.7 Å². The molecule has 0 atom stereocenters. The average Bonchev–Trinajstić information content (AvgIpc) is 3.23. The van der Waals surface area contributed by atoms with Crippen molar-refractivity contribution >= 4 is 40.1 Å². The van der Waals surface area contributed by atoms with E-state index in [-0.39, 0.29) is 18.3 Å². The maximum atomic E-state index is 13.0. The van der Waals surface area contributed by atoms with Gasteiger partial charge in [0.15, 0.2) is 12.4 Å². The maximum absolute atomic E-state index is 13.0. The summed E-state index contributed by atoms with van der Waals surface area (Å²) in [5, 5.41) is 2.75. The lowest BCUT2D eigenvalue weighted by molar-refractivity contribution is -0.118. The molecule has 1 heterocycles. The van der Waals surface area contributed by atoms with E-state index < -0.39 is 5.82 Å². The predicted molar refractivity (Wildman–Crippen MR) is 108 cm³/mol. The van der Waals surface area contributed by atoms with Gasteiger partial charge in [-0.25, -0.2) is 4.39 Å². The van der Waals surface area contributed by atoms with Gasteiger partial charge >= 0.3 is 0 Å². The van der Waals surface area contributed by atoms with Crippen LogP contribution in [0, 0.1) is 5.82 Å². The summed E-state index contributed by atoms with van der Waals surface area (Å²) in [6, 6.07) is 17.1. The first-order chi connectivity index (χ1) is 14.1. The van der Waals surface area contributed by atoms with Gasteiger partial charge in [-0.15, -0.1) is 0 Å². The largest absolute Gasteiger partial charge is 0.484 e. The molecule has 1 aromatic heterocycles. The summed E-state index contributed by atoms with van der Waals surface area (Å²) in [6.45, 7) is -0.195. The van der Waals surface area contributed by atoms with E-state index in [1.807, 2.05) is 6.07 Å². The zero-order chi connectivity index (χ0) is 20.2. The zero-order valence-corrected chi connectivity index (χ0v) is 15.8. The molecular weight excluding hydrogens is 393 g/mol. The Morgan fingerprint density at radius 3 is 2.34 bits per heavy atom. The van der Waals surface area contributed by atoms with Gasteiger partial charge in [0.2, 0.25) is 0 Å². The molecule has 29 heavy (non-hydrogen) atoms. The van der Waals surface area contributed by atoms with Crippen LogP contribution in [0.1, 0.15) is 15.9 Å². The molecule has 0 saturated heterocycles. The van der Waals surface area contributed by atoms with Crippen molar-refractivity contribution < 1.29 is 18.7 Å². The minimum atomic E-state index is -0.397. The van der Waals surface area contributed by atoms with Crippen molar-refractivity contribution in [1.29, 1.82) is 0 Å². The highest BCUT2D eigenvalue weighted by Crippen LogP contribution is 2.21. The van der Waals surface area contributed by atoms with E-state index in [1.54, 1.807) is 36.4 Å². The first-order valence-electron chi connectivity index (χ1n) is 8.64. The van der Waals surface area contributed by atoms with Crippen LogP contribution in [-0.4, -0.2) is 27.0 Å². The molecule has 0 aliphatic heterocycles. The first kappa shape index (κ1) is 18.7. The van der Waals surface area contributed by atoms with Crippen LogP contribution in [0.2, 0.25) is 0 Å². The number of halogens is 1. The molecule has 8 heteroatoms. The normalized spacial score (nSPS) is 10.7. The minimum Gasteiger partial charge on any atom is -0.484 e. The molecule has 4 rings (SSSR count). The van der Waals surface area contributed by atoms with Crippen molar-refractivity contribution in [2.75, 3.05) is 11.9 Å². The molecule has 3 aromatic carbocycles. The molecule has 0 radical (unpaired) electrons. The molecule has 0 fully saturated rings. The molecule has 0 unspecified atom stereocenters. The average molecular weight is 407 g/mol. The van der Waals surface area contributed by atoms with Crippen LogP contribution in [0.3, 0.4) is 0 Å².